The topological polar surface area (TPSA) is 127 Å². The van der Waals surface area contributed by atoms with Gasteiger partial charge in [-0.1, -0.05) is 12.1 Å². The summed E-state index contributed by atoms with van der Waals surface area (Å²) in [7, 11) is 0. The minimum atomic E-state index is -0.565. The lowest BCUT2D eigenvalue weighted by Gasteiger charge is -2.24. The number of fused-ring (bicyclic) bond motifs is 1. The Hall–Kier alpha value is -3.16. The molecular weight excluding hydrogens is 312 g/mol. The number of amides is 2. The quantitative estimate of drug-likeness (QED) is 0.749. The molecule has 0 bridgehead atoms. The van der Waals surface area contributed by atoms with Gasteiger partial charge in [-0.2, -0.15) is 0 Å². The number of rotatable bonds is 4. The third-order valence-electron chi connectivity index (χ3n) is 3.73. The van der Waals surface area contributed by atoms with Crippen molar-refractivity contribution in [1.82, 2.24) is 9.97 Å². The molecule has 8 nitrogen and oxygen atoms in total. The maximum Gasteiger partial charge on any atom is 0.256 e. The van der Waals surface area contributed by atoms with E-state index in [0.29, 0.717) is 23.0 Å². The number of hydrogen-bond acceptors (Lipinski definition) is 5. The number of carbonyl (C=O) groups excluding carboxylic acids is 2. The highest BCUT2D eigenvalue weighted by Crippen LogP contribution is 2.34. The Kier molecular flexibility index (Phi) is 4.03. The van der Waals surface area contributed by atoms with Crippen LogP contribution in [0, 0.1) is 6.92 Å². The Morgan fingerprint density at radius 2 is 2.04 bits per heavy atom. The number of anilines is 1. The van der Waals surface area contributed by atoms with Gasteiger partial charge in [0.2, 0.25) is 5.91 Å². The molecule has 1 aromatic heterocycles. The molecule has 1 aliphatic rings. The third-order valence-corrected chi connectivity index (χ3v) is 3.73. The van der Waals surface area contributed by atoms with Crippen LogP contribution in [0.15, 0.2) is 29.1 Å². The lowest BCUT2D eigenvalue weighted by atomic mass is 9.87. The van der Waals surface area contributed by atoms with Crippen molar-refractivity contribution in [2.75, 3.05) is 11.9 Å². The monoisotopic (exact) mass is 328 g/mol. The van der Waals surface area contributed by atoms with Crippen LogP contribution in [-0.4, -0.2) is 28.4 Å². The van der Waals surface area contributed by atoms with E-state index >= 15 is 0 Å². The number of aromatic nitrogens is 2. The zero-order chi connectivity index (χ0) is 17.3. The van der Waals surface area contributed by atoms with Gasteiger partial charge in [0.25, 0.3) is 11.5 Å². The number of aromatic amines is 1. The van der Waals surface area contributed by atoms with E-state index in [2.05, 4.69) is 15.3 Å². The fraction of sp³-hybridized carbons (Fsp3) is 0.250. The number of benzene rings is 1. The molecule has 0 radical (unpaired) electrons. The van der Waals surface area contributed by atoms with E-state index < -0.39 is 11.8 Å². The highest BCUT2D eigenvalue weighted by Gasteiger charge is 2.30. The van der Waals surface area contributed by atoms with Crippen LogP contribution in [0.5, 0.6) is 5.75 Å². The largest absolute Gasteiger partial charge is 0.484 e. The van der Waals surface area contributed by atoms with Gasteiger partial charge in [0.1, 0.15) is 17.4 Å². The van der Waals surface area contributed by atoms with Crippen LogP contribution in [0.25, 0.3) is 0 Å². The van der Waals surface area contributed by atoms with Gasteiger partial charge < -0.3 is 20.8 Å². The third kappa shape index (κ3) is 3.12. The maximum atomic E-state index is 12.3. The van der Waals surface area contributed by atoms with Crippen LogP contribution in [-0.2, 0) is 9.59 Å². The van der Waals surface area contributed by atoms with Crippen LogP contribution < -0.4 is 21.3 Å². The SMILES string of the molecule is Cc1nc2c(c(=O)[nH]1)C(c1ccc(OCC(N)=O)cc1)CC(=O)N2. The van der Waals surface area contributed by atoms with Gasteiger partial charge in [0.15, 0.2) is 6.61 Å². The first kappa shape index (κ1) is 15.7. The normalized spacial score (nSPS) is 16.2. The molecule has 1 unspecified atom stereocenters. The maximum absolute atomic E-state index is 12.3. The fourth-order valence-corrected chi connectivity index (χ4v) is 2.72. The Bertz CT molecular complexity index is 857. The fourth-order valence-electron chi connectivity index (χ4n) is 2.72. The first-order valence-corrected chi connectivity index (χ1v) is 7.36. The van der Waals surface area contributed by atoms with E-state index in [0.717, 1.165) is 5.56 Å². The molecule has 3 rings (SSSR count). The zero-order valence-electron chi connectivity index (χ0n) is 13.0. The predicted molar refractivity (Wildman–Crippen MR) is 85.8 cm³/mol. The summed E-state index contributed by atoms with van der Waals surface area (Å²) in [6.45, 7) is 1.44. The average molecular weight is 328 g/mol. The molecular formula is C16H16N4O4. The van der Waals surface area contributed by atoms with Gasteiger partial charge in [0.05, 0.1) is 5.56 Å². The summed E-state index contributed by atoms with van der Waals surface area (Å²) in [6.07, 6.45) is 0.155. The summed E-state index contributed by atoms with van der Waals surface area (Å²) in [5, 5.41) is 2.64. The van der Waals surface area contributed by atoms with Crippen molar-refractivity contribution in [2.45, 2.75) is 19.3 Å². The van der Waals surface area contributed by atoms with Gasteiger partial charge in [-0.25, -0.2) is 4.98 Å². The molecule has 2 heterocycles. The molecule has 2 aromatic rings. The number of nitrogens with zero attached hydrogens (tertiary/aromatic N) is 1. The van der Waals surface area contributed by atoms with Gasteiger partial charge >= 0.3 is 0 Å². The molecule has 124 valence electrons. The number of primary amides is 1. The molecule has 1 atom stereocenters. The van der Waals surface area contributed by atoms with Crippen LogP contribution in [0.4, 0.5) is 5.82 Å². The Morgan fingerprint density at radius 3 is 2.71 bits per heavy atom. The van der Waals surface area contributed by atoms with Crippen molar-refractivity contribution < 1.29 is 14.3 Å². The highest BCUT2D eigenvalue weighted by atomic mass is 16.5. The smallest absolute Gasteiger partial charge is 0.256 e. The molecule has 2 amide bonds. The lowest BCUT2D eigenvalue weighted by molar-refractivity contribution is -0.120. The molecule has 1 aliphatic heterocycles. The van der Waals surface area contributed by atoms with Crippen molar-refractivity contribution in [3.05, 3.63) is 51.6 Å². The van der Waals surface area contributed by atoms with Crippen molar-refractivity contribution in [2.24, 2.45) is 5.73 Å². The van der Waals surface area contributed by atoms with E-state index in [-0.39, 0.29) is 24.5 Å². The van der Waals surface area contributed by atoms with Gasteiger partial charge in [-0.05, 0) is 24.6 Å². The lowest BCUT2D eigenvalue weighted by Crippen LogP contribution is -2.31. The second kappa shape index (κ2) is 6.15. The minimum Gasteiger partial charge on any atom is -0.484 e. The molecule has 0 spiro atoms. The summed E-state index contributed by atoms with van der Waals surface area (Å²) in [4.78, 5) is 41.8. The summed E-state index contributed by atoms with van der Waals surface area (Å²) < 4.78 is 5.21. The second-order valence-electron chi connectivity index (χ2n) is 5.54. The Balaban J connectivity index is 1.94. The summed E-state index contributed by atoms with van der Waals surface area (Å²) >= 11 is 0. The Labute approximate surface area is 137 Å². The van der Waals surface area contributed by atoms with Crippen LogP contribution in [0.3, 0.4) is 0 Å². The molecule has 0 saturated heterocycles. The molecule has 8 heteroatoms. The second-order valence-corrected chi connectivity index (χ2v) is 5.54. The summed E-state index contributed by atoms with van der Waals surface area (Å²) in [5.74, 6) is 0.0650. The highest BCUT2D eigenvalue weighted by molar-refractivity contribution is 5.94. The number of H-pyrrole nitrogens is 1. The standard InChI is InChI=1S/C16H16N4O4/c1-8-18-15-14(16(23)19-8)11(6-13(22)20-15)9-2-4-10(5-3-9)24-7-12(17)21/h2-5,11H,6-7H2,1H3,(H2,17,21)(H2,18,19,20,22,23). The molecule has 4 N–H and O–H groups in total. The first-order valence-electron chi connectivity index (χ1n) is 7.36. The number of hydrogen-bond donors (Lipinski definition) is 3. The number of aryl methyl sites for hydroxylation is 1. The summed E-state index contributed by atoms with van der Waals surface area (Å²) in [5.41, 5.74) is 5.99. The average Bonchev–Trinajstić information content (AvgIpc) is 2.52. The van der Waals surface area contributed by atoms with Crippen LogP contribution in [0.1, 0.15) is 29.3 Å². The van der Waals surface area contributed by atoms with Gasteiger partial charge in [0, 0.05) is 12.3 Å². The van der Waals surface area contributed by atoms with E-state index in [1.54, 1.807) is 31.2 Å². The van der Waals surface area contributed by atoms with Crippen LogP contribution >= 0.6 is 0 Å². The Morgan fingerprint density at radius 1 is 1.33 bits per heavy atom. The zero-order valence-corrected chi connectivity index (χ0v) is 13.0. The van der Waals surface area contributed by atoms with Gasteiger partial charge in [-0.15, -0.1) is 0 Å². The summed E-state index contributed by atoms with van der Waals surface area (Å²) in [6, 6.07) is 6.84. The molecule has 0 saturated carbocycles. The molecule has 0 aliphatic carbocycles. The van der Waals surface area contributed by atoms with Crippen LogP contribution in [0.2, 0.25) is 0 Å². The van der Waals surface area contributed by atoms with E-state index in [1.165, 1.54) is 0 Å². The van der Waals surface area contributed by atoms with Crippen molar-refractivity contribution in [3.63, 3.8) is 0 Å². The van der Waals surface area contributed by atoms with Gasteiger partial charge in [-0.3, -0.25) is 14.4 Å². The molecule has 1 aromatic carbocycles. The first-order chi connectivity index (χ1) is 11.4. The number of carbonyl (C=O) groups is 2. The number of nitrogens with one attached hydrogen (secondary N) is 2. The predicted octanol–water partition coefficient (Wildman–Crippen LogP) is 0.417. The van der Waals surface area contributed by atoms with Crippen molar-refractivity contribution in [1.29, 1.82) is 0 Å². The molecule has 24 heavy (non-hydrogen) atoms. The minimum absolute atomic E-state index is 0.155. The molecule has 0 fully saturated rings. The van der Waals surface area contributed by atoms with Crippen molar-refractivity contribution in [3.8, 4) is 5.75 Å². The number of nitrogens with two attached hydrogens (primary N) is 1. The van der Waals surface area contributed by atoms with E-state index in [1.807, 2.05) is 0 Å². The van der Waals surface area contributed by atoms with E-state index in [9.17, 15) is 14.4 Å². The number of ether oxygens (including phenoxy) is 1. The van der Waals surface area contributed by atoms with Crippen molar-refractivity contribution >= 4 is 17.6 Å². The van der Waals surface area contributed by atoms with E-state index in [4.69, 9.17) is 10.5 Å².